The number of methoxy groups -OCH3 is 1. The Labute approximate surface area is 212 Å². The monoisotopic (exact) mass is 497 g/mol. The third-order valence-electron chi connectivity index (χ3n) is 6.27. The third kappa shape index (κ3) is 6.31. The summed E-state index contributed by atoms with van der Waals surface area (Å²) in [6.07, 6.45) is 3.82. The lowest BCUT2D eigenvalue weighted by Crippen LogP contribution is -2.46. The van der Waals surface area contributed by atoms with Crippen LogP contribution >= 0.6 is 0 Å². The molecule has 0 fully saturated rings. The summed E-state index contributed by atoms with van der Waals surface area (Å²) < 4.78 is 10.6. The molecule has 1 aliphatic heterocycles. The number of nitrogens with zero attached hydrogens (tertiary/aromatic N) is 4. The van der Waals surface area contributed by atoms with Crippen molar-refractivity contribution in [3.05, 3.63) is 48.3 Å². The van der Waals surface area contributed by atoms with Gasteiger partial charge in [0.05, 0.1) is 25.1 Å². The minimum absolute atomic E-state index is 0.247. The summed E-state index contributed by atoms with van der Waals surface area (Å²) >= 11 is 0. The third-order valence-corrected chi connectivity index (χ3v) is 6.27. The van der Waals surface area contributed by atoms with Gasteiger partial charge in [0.25, 0.3) is 0 Å². The van der Waals surface area contributed by atoms with Crippen molar-refractivity contribution in [2.45, 2.75) is 26.8 Å². The number of benzene rings is 1. The molecule has 1 aliphatic rings. The smallest absolute Gasteiger partial charge is 0.406 e. The average Bonchev–Trinajstić information content (AvgIpc) is 2.92. The van der Waals surface area contributed by atoms with Gasteiger partial charge < -0.3 is 24.6 Å². The van der Waals surface area contributed by atoms with E-state index in [2.05, 4.69) is 19.9 Å². The van der Waals surface area contributed by atoms with E-state index < -0.39 is 11.5 Å². The van der Waals surface area contributed by atoms with Crippen molar-refractivity contribution < 1.29 is 23.9 Å². The lowest BCUT2D eigenvalue weighted by Gasteiger charge is -2.25. The molecule has 0 atom stereocenters. The number of carbonyl (C=O) groups excluding carboxylic acids is 3. The molecule has 3 amide bonds. The Bertz CT molecular complexity index is 1080. The fraction of sp³-hybridized carbons (Fsp3) is 0.462. The zero-order chi connectivity index (χ0) is 26.3. The van der Waals surface area contributed by atoms with Crippen LogP contribution in [-0.4, -0.2) is 75.2 Å². The van der Waals surface area contributed by atoms with E-state index >= 15 is 0 Å². The number of ether oxygens (including phenoxy) is 2. The molecule has 2 heterocycles. The van der Waals surface area contributed by atoms with Gasteiger partial charge in [0.2, 0.25) is 11.8 Å². The SMILES string of the molecule is COC(=O)NCCN(CCCOc1ccc2c(c1)N(C)C(=O)C(C)(C)C(=O)N2C)Cc1ccncc1. The van der Waals surface area contributed by atoms with Gasteiger partial charge in [-0.05, 0) is 50.1 Å². The minimum atomic E-state index is -1.15. The molecule has 10 heteroatoms. The zero-order valence-electron chi connectivity index (χ0n) is 21.6. The van der Waals surface area contributed by atoms with Crippen molar-refractivity contribution in [3.63, 3.8) is 0 Å². The predicted molar refractivity (Wildman–Crippen MR) is 137 cm³/mol. The summed E-state index contributed by atoms with van der Waals surface area (Å²) in [6.45, 7) is 6.34. The standard InChI is InChI=1S/C26H35N5O5/c1-26(2)23(32)29(3)21-8-7-20(17-22(21)30(4)24(26)33)36-16-6-14-31(15-13-28-25(34)35-5)18-19-9-11-27-12-10-19/h7-12,17H,6,13-16,18H2,1-5H3,(H,28,34). The number of pyridine rings is 1. The minimum Gasteiger partial charge on any atom is -0.493 e. The van der Waals surface area contributed by atoms with Crippen LogP contribution in [0.4, 0.5) is 16.2 Å². The van der Waals surface area contributed by atoms with Crippen LogP contribution in [0.5, 0.6) is 5.75 Å². The Kier molecular flexibility index (Phi) is 8.87. The number of carbonyl (C=O) groups is 3. The molecule has 1 aromatic carbocycles. The molecule has 3 rings (SSSR count). The van der Waals surface area contributed by atoms with Crippen LogP contribution in [0.1, 0.15) is 25.8 Å². The Balaban J connectivity index is 1.61. The highest BCUT2D eigenvalue weighted by Crippen LogP contribution is 2.39. The summed E-state index contributed by atoms with van der Waals surface area (Å²) in [7, 11) is 4.70. The Morgan fingerprint density at radius 2 is 1.69 bits per heavy atom. The number of alkyl carbamates (subject to hydrolysis) is 1. The highest BCUT2D eigenvalue weighted by atomic mass is 16.5. The number of hydrogen-bond acceptors (Lipinski definition) is 7. The molecule has 2 aromatic rings. The predicted octanol–water partition coefficient (Wildman–Crippen LogP) is 2.67. The van der Waals surface area contributed by atoms with Crippen LogP contribution in [0.3, 0.4) is 0 Å². The maximum Gasteiger partial charge on any atom is 0.406 e. The summed E-state index contributed by atoms with van der Waals surface area (Å²) in [4.78, 5) is 46.5. The molecule has 194 valence electrons. The second-order valence-corrected chi connectivity index (χ2v) is 9.26. The zero-order valence-corrected chi connectivity index (χ0v) is 21.6. The summed E-state index contributed by atoms with van der Waals surface area (Å²) in [5.41, 5.74) is 1.27. The van der Waals surface area contributed by atoms with Crippen LogP contribution in [-0.2, 0) is 20.9 Å². The van der Waals surface area contributed by atoms with E-state index in [4.69, 9.17) is 4.74 Å². The van der Waals surface area contributed by atoms with Crippen molar-refractivity contribution >= 4 is 29.3 Å². The van der Waals surface area contributed by atoms with E-state index in [-0.39, 0.29) is 11.8 Å². The van der Waals surface area contributed by atoms with Gasteiger partial charge in [-0.25, -0.2) is 4.79 Å². The second-order valence-electron chi connectivity index (χ2n) is 9.26. The van der Waals surface area contributed by atoms with Gasteiger partial charge in [0, 0.05) is 58.7 Å². The Morgan fingerprint density at radius 1 is 1.03 bits per heavy atom. The Morgan fingerprint density at radius 3 is 2.36 bits per heavy atom. The summed E-state index contributed by atoms with van der Waals surface area (Å²) in [5, 5.41) is 2.71. The highest BCUT2D eigenvalue weighted by Gasteiger charge is 2.44. The van der Waals surface area contributed by atoms with Gasteiger partial charge in [-0.3, -0.25) is 19.5 Å². The second kappa shape index (κ2) is 11.9. The lowest BCUT2D eigenvalue weighted by atomic mass is 9.90. The molecule has 0 bridgehead atoms. The van der Waals surface area contributed by atoms with Crippen molar-refractivity contribution in [3.8, 4) is 5.75 Å². The van der Waals surface area contributed by atoms with E-state index in [1.54, 1.807) is 46.4 Å². The molecule has 0 unspecified atom stereocenters. The number of nitrogens with one attached hydrogen (secondary N) is 1. The van der Waals surface area contributed by atoms with Crippen molar-refractivity contribution in [2.24, 2.45) is 5.41 Å². The van der Waals surface area contributed by atoms with Gasteiger partial charge in [0.1, 0.15) is 11.2 Å². The molecule has 1 aromatic heterocycles. The summed E-state index contributed by atoms with van der Waals surface area (Å²) in [6, 6.07) is 9.35. The van der Waals surface area contributed by atoms with E-state index in [0.717, 1.165) is 18.5 Å². The van der Waals surface area contributed by atoms with E-state index in [1.165, 1.54) is 16.9 Å². The van der Waals surface area contributed by atoms with Crippen LogP contribution in [0.25, 0.3) is 0 Å². The molecule has 0 saturated carbocycles. The lowest BCUT2D eigenvalue weighted by molar-refractivity contribution is -0.137. The van der Waals surface area contributed by atoms with Gasteiger partial charge in [0.15, 0.2) is 0 Å². The maximum atomic E-state index is 12.9. The normalized spacial score (nSPS) is 14.9. The molecule has 1 N–H and O–H groups in total. The number of aromatic nitrogens is 1. The van der Waals surface area contributed by atoms with Crippen molar-refractivity contribution in [1.29, 1.82) is 0 Å². The average molecular weight is 498 g/mol. The van der Waals surface area contributed by atoms with Gasteiger partial charge in [-0.1, -0.05) is 0 Å². The molecular weight excluding hydrogens is 462 g/mol. The van der Waals surface area contributed by atoms with Crippen LogP contribution < -0.4 is 19.9 Å². The first-order valence-corrected chi connectivity index (χ1v) is 11.9. The molecule has 10 nitrogen and oxygen atoms in total. The molecule has 0 radical (unpaired) electrons. The maximum absolute atomic E-state index is 12.9. The Hall–Kier alpha value is -3.66. The van der Waals surface area contributed by atoms with Gasteiger partial charge in [-0.15, -0.1) is 0 Å². The molecule has 0 saturated heterocycles. The largest absolute Gasteiger partial charge is 0.493 e. The number of fused-ring (bicyclic) bond motifs is 1. The first-order chi connectivity index (χ1) is 17.1. The molecule has 0 aliphatic carbocycles. The topological polar surface area (TPSA) is 104 Å². The number of anilines is 2. The van der Waals surface area contributed by atoms with E-state index in [9.17, 15) is 14.4 Å². The highest BCUT2D eigenvalue weighted by molar-refractivity contribution is 6.19. The fourth-order valence-corrected chi connectivity index (χ4v) is 4.18. The van der Waals surface area contributed by atoms with Crippen LogP contribution in [0.15, 0.2) is 42.7 Å². The van der Waals surface area contributed by atoms with E-state index in [1.807, 2.05) is 24.3 Å². The number of hydrogen-bond donors (Lipinski definition) is 1. The molecule has 36 heavy (non-hydrogen) atoms. The van der Waals surface area contributed by atoms with Crippen molar-refractivity contribution in [1.82, 2.24) is 15.2 Å². The van der Waals surface area contributed by atoms with Gasteiger partial charge >= 0.3 is 6.09 Å². The number of rotatable bonds is 10. The fourth-order valence-electron chi connectivity index (χ4n) is 4.18. The molecular formula is C26H35N5O5. The quantitative estimate of drug-likeness (QED) is 0.398. The van der Waals surface area contributed by atoms with Crippen LogP contribution in [0, 0.1) is 5.41 Å². The first-order valence-electron chi connectivity index (χ1n) is 11.9. The number of amides is 3. The van der Waals surface area contributed by atoms with Gasteiger partial charge in [-0.2, -0.15) is 0 Å². The van der Waals surface area contributed by atoms with Crippen LogP contribution in [0.2, 0.25) is 0 Å². The first kappa shape index (κ1) is 26.9. The van der Waals surface area contributed by atoms with E-state index in [0.29, 0.717) is 43.4 Å². The van der Waals surface area contributed by atoms with Crippen molar-refractivity contribution in [2.75, 3.05) is 57.2 Å². The molecule has 0 spiro atoms. The summed E-state index contributed by atoms with van der Waals surface area (Å²) in [5.74, 6) is 0.118.